The van der Waals surface area contributed by atoms with Crippen molar-refractivity contribution < 1.29 is 18.0 Å². The second kappa shape index (κ2) is 7.17. The monoisotopic (exact) mass is 325 g/mol. The molecule has 1 N–H and O–H groups in total. The molecule has 0 aliphatic carbocycles. The summed E-state index contributed by atoms with van der Waals surface area (Å²) in [5, 5.41) is 9.67. The summed E-state index contributed by atoms with van der Waals surface area (Å²) in [5.74, 6) is 0. The standard InChI is InChI=1S/C14H19N3O4S/c1-17-14(12-5-3-11(9-15)4-6-12)13(10-21-17)22(18,19)16-7-8-20-2/h3-6,13-14,16H,7-8,10H2,1-2H3. The van der Waals surface area contributed by atoms with Crippen molar-refractivity contribution in [2.75, 3.05) is 33.9 Å². The van der Waals surface area contributed by atoms with Crippen LogP contribution >= 0.6 is 0 Å². The molecule has 2 atom stereocenters. The van der Waals surface area contributed by atoms with Crippen molar-refractivity contribution in [2.24, 2.45) is 0 Å². The van der Waals surface area contributed by atoms with Crippen molar-refractivity contribution in [3.63, 3.8) is 0 Å². The minimum atomic E-state index is -3.54. The summed E-state index contributed by atoms with van der Waals surface area (Å²) < 4.78 is 32.3. The van der Waals surface area contributed by atoms with Crippen LogP contribution in [0, 0.1) is 11.3 Å². The lowest BCUT2D eigenvalue weighted by Gasteiger charge is -2.23. The maximum atomic E-state index is 12.4. The largest absolute Gasteiger partial charge is 0.383 e. The van der Waals surface area contributed by atoms with Gasteiger partial charge in [0.15, 0.2) is 0 Å². The van der Waals surface area contributed by atoms with E-state index in [0.717, 1.165) is 5.56 Å². The molecule has 0 spiro atoms. The lowest BCUT2D eigenvalue weighted by Crippen LogP contribution is -2.40. The number of hydrogen-bond acceptors (Lipinski definition) is 6. The Morgan fingerprint density at radius 2 is 2.14 bits per heavy atom. The number of hydroxylamine groups is 2. The van der Waals surface area contributed by atoms with Crippen molar-refractivity contribution in [1.82, 2.24) is 9.79 Å². The normalized spacial score (nSPS) is 22.6. The number of sulfonamides is 1. The third-order valence-corrected chi connectivity index (χ3v) is 5.37. The zero-order valence-electron chi connectivity index (χ0n) is 12.5. The van der Waals surface area contributed by atoms with Gasteiger partial charge in [0.25, 0.3) is 0 Å². The first-order chi connectivity index (χ1) is 10.5. The van der Waals surface area contributed by atoms with E-state index >= 15 is 0 Å². The Kier molecular flexibility index (Phi) is 5.50. The zero-order chi connectivity index (χ0) is 16.2. The van der Waals surface area contributed by atoms with Gasteiger partial charge in [0.05, 0.1) is 30.9 Å². The fraction of sp³-hybridized carbons (Fsp3) is 0.500. The zero-order valence-corrected chi connectivity index (χ0v) is 13.3. The van der Waals surface area contributed by atoms with Gasteiger partial charge in [0, 0.05) is 20.7 Å². The number of nitrogens with zero attached hydrogens (tertiary/aromatic N) is 2. The molecule has 1 aromatic rings. The van der Waals surface area contributed by atoms with Crippen LogP contribution in [-0.4, -0.2) is 52.6 Å². The average molecular weight is 325 g/mol. The molecule has 120 valence electrons. The first-order valence-corrected chi connectivity index (χ1v) is 8.37. The number of benzene rings is 1. The Morgan fingerprint density at radius 3 is 2.73 bits per heavy atom. The van der Waals surface area contributed by atoms with Crippen LogP contribution in [0.2, 0.25) is 0 Å². The minimum Gasteiger partial charge on any atom is -0.383 e. The summed E-state index contributed by atoms with van der Waals surface area (Å²) >= 11 is 0. The molecule has 1 saturated heterocycles. The van der Waals surface area contributed by atoms with E-state index in [9.17, 15) is 8.42 Å². The van der Waals surface area contributed by atoms with Gasteiger partial charge in [-0.3, -0.25) is 4.84 Å². The molecule has 1 aliphatic heterocycles. The van der Waals surface area contributed by atoms with Crippen LogP contribution in [0.1, 0.15) is 17.2 Å². The molecule has 1 aromatic carbocycles. The van der Waals surface area contributed by atoms with Crippen LogP contribution in [0.5, 0.6) is 0 Å². The fourth-order valence-corrected chi connectivity index (χ4v) is 3.92. The molecular formula is C14H19N3O4S. The Balaban J connectivity index is 2.21. The Morgan fingerprint density at radius 1 is 1.45 bits per heavy atom. The quantitative estimate of drug-likeness (QED) is 0.762. The van der Waals surface area contributed by atoms with Gasteiger partial charge in [-0.15, -0.1) is 0 Å². The number of hydrogen-bond donors (Lipinski definition) is 1. The molecule has 8 heteroatoms. The third kappa shape index (κ3) is 3.63. The summed E-state index contributed by atoms with van der Waals surface area (Å²) in [5.41, 5.74) is 1.32. The minimum absolute atomic E-state index is 0.0868. The smallest absolute Gasteiger partial charge is 0.218 e. The molecular weight excluding hydrogens is 306 g/mol. The Bertz CT molecular complexity index is 639. The molecule has 0 bridgehead atoms. The summed E-state index contributed by atoms with van der Waals surface area (Å²) in [4.78, 5) is 5.40. The number of nitriles is 1. The summed E-state index contributed by atoms with van der Waals surface area (Å²) in [6.45, 7) is 0.618. The van der Waals surface area contributed by atoms with Gasteiger partial charge in [-0.05, 0) is 17.7 Å². The highest BCUT2D eigenvalue weighted by Gasteiger charge is 2.42. The summed E-state index contributed by atoms with van der Waals surface area (Å²) in [6.07, 6.45) is 0. The molecule has 7 nitrogen and oxygen atoms in total. The van der Waals surface area contributed by atoms with E-state index < -0.39 is 21.3 Å². The van der Waals surface area contributed by atoms with E-state index in [-0.39, 0.29) is 13.2 Å². The molecule has 2 unspecified atom stereocenters. The van der Waals surface area contributed by atoms with Crippen molar-refractivity contribution in [1.29, 1.82) is 5.26 Å². The fourth-order valence-electron chi connectivity index (χ4n) is 2.43. The van der Waals surface area contributed by atoms with Crippen LogP contribution in [0.3, 0.4) is 0 Å². The van der Waals surface area contributed by atoms with Crippen LogP contribution in [-0.2, 0) is 19.6 Å². The molecule has 0 amide bonds. The molecule has 0 saturated carbocycles. The van der Waals surface area contributed by atoms with E-state index in [1.54, 1.807) is 36.4 Å². The van der Waals surface area contributed by atoms with Gasteiger partial charge in [-0.2, -0.15) is 10.3 Å². The first-order valence-electron chi connectivity index (χ1n) is 6.83. The molecule has 0 radical (unpaired) electrons. The van der Waals surface area contributed by atoms with Crippen LogP contribution in [0.15, 0.2) is 24.3 Å². The van der Waals surface area contributed by atoms with E-state index in [0.29, 0.717) is 12.2 Å². The maximum absolute atomic E-state index is 12.4. The summed E-state index contributed by atoms with van der Waals surface area (Å²) in [6, 6.07) is 8.47. The number of ether oxygens (including phenoxy) is 1. The highest BCUT2D eigenvalue weighted by Crippen LogP contribution is 2.33. The average Bonchev–Trinajstić information content (AvgIpc) is 2.90. The molecule has 1 aliphatic rings. The Hall–Kier alpha value is -1.50. The third-order valence-electron chi connectivity index (χ3n) is 3.58. The SMILES string of the molecule is COCCNS(=O)(=O)C1CON(C)C1c1ccc(C#N)cc1. The van der Waals surface area contributed by atoms with E-state index in [1.165, 1.54) is 7.11 Å². The predicted molar refractivity (Wildman–Crippen MR) is 80.2 cm³/mol. The molecule has 1 fully saturated rings. The number of methoxy groups -OCH3 is 1. The highest BCUT2D eigenvalue weighted by atomic mass is 32.2. The number of nitrogens with one attached hydrogen (secondary N) is 1. The molecule has 22 heavy (non-hydrogen) atoms. The van der Waals surface area contributed by atoms with Crippen LogP contribution in [0.25, 0.3) is 0 Å². The van der Waals surface area contributed by atoms with Crippen molar-refractivity contribution in [3.05, 3.63) is 35.4 Å². The van der Waals surface area contributed by atoms with E-state index in [4.69, 9.17) is 14.8 Å². The van der Waals surface area contributed by atoms with Crippen LogP contribution in [0.4, 0.5) is 0 Å². The van der Waals surface area contributed by atoms with Gasteiger partial charge in [0.2, 0.25) is 10.0 Å². The van der Waals surface area contributed by atoms with Crippen molar-refractivity contribution >= 4 is 10.0 Å². The van der Waals surface area contributed by atoms with Gasteiger partial charge in [-0.1, -0.05) is 12.1 Å². The topological polar surface area (TPSA) is 91.7 Å². The van der Waals surface area contributed by atoms with E-state index in [2.05, 4.69) is 4.72 Å². The lowest BCUT2D eigenvalue weighted by atomic mass is 10.0. The highest BCUT2D eigenvalue weighted by molar-refractivity contribution is 7.90. The maximum Gasteiger partial charge on any atom is 0.218 e. The van der Waals surface area contributed by atoms with Gasteiger partial charge >= 0.3 is 0 Å². The van der Waals surface area contributed by atoms with Crippen LogP contribution < -0.4 is 4.72 Å². The summed E-state index contributed by atoms with van der Waals surface area (Å²) in [7, 11) is -0.324. The number of rotatable bonds is 6. The lowest BCUT2D eigenvalue weighted by molar-refractivity contribution is -0.110. The second-order valence-electron chi connectivity index (χ2n) is 4.99. The molecule has 2 rings (SSSR count). The second-order valence-corrected chi connectivity index (χ2v) is 6.98. The predicted octanol–water partition coefficient (Wildman–Crippen LogP) is 0.411. The van der Waals surface area contributed by atoms with Crippen molar-refractivity contribution in [2.45, 2.75) is 11.3 Å². The van der Waals surface area contributed by atoms with Gasteiger partial charge in [-0.25, -0.2) is 13.1 Å². The molecule has 0 aromatic heterocycles. The molecule has 1 heterocycles. The first kappa shape index (κ1) is 16.9. The Labute approximate surface area is 130 Å². The van der Waals surface area contributed by atoms with Crippen molar-refractivity contribution in [3.8, 4) is 6.07 Å². The van der Waals surface area contributed by atoms with Gasteiger partial charge < -0.3 is 4.74 Å². The van der Waals surface area contributed by atoms with Gasteiger partial charge in [0.1, 0.15) is 5.25 Å². The van der Waals surface area contributed by atoms with E-state index in [1.807, 2.05) is 6.07 Å².